The van der Waals surface area contributed by atoms with Crippen LogP contribution in [0.4, 0.5) is 5.69 Å². The van der Waals surface area contributed by atoms with Crippen LogP contribution in [0.5, 0.6) is 5.75 Å². The minimum Gasteiger partial charge on any atom is -0.506 e. The molecule has 0 atom stereocenters. The number of rotatable bonds is 2. The number of nitrogen functional groups attached to an aromatic ring is 1. The molecular formula is C13H20N2O. The van der Waals surface area contributed by atoms with Gasteiger partial charge in [-0.15, -0.1) is 0 Å². The van der Waals surface area contributed by atoms with Crippen LogP contribution in [0, 0.1) is 0 Å². The van der Waals surface area contributed by atoms with Crippen molar-refractivity contribution in [1.82, 2.24) is 0 Å². The van der Waals surface area contributed by atoms with E-state index in [2.05, 4.69) is 0 Å². The average Bonchev–Trinajstić information content (AvgIpc) is 2.33. The predicted molar refractivity (Wildman–Crippen MR) is 66.3 cm³/mol. The van der Waals surface area contributed by atoms with Crippen molar-refractivity contribution in [1.29, 1.82) is 0 Å². The van der Waals surface area contributed by atoms with Crippen LogP contribution in [0.15, 0.2) is 18.2 Å². The monoisotopic (exact) mass is 220 g/mol. The van der Waals surface area contributed by atoms with Gasteiger partial charge in [0, 0.05) is 12.0 Å². The summed E-state index contributed by atoms with van der Waals surface area (Å²) in [5.74, 6) is 0.159. The Morgan fingerprint density at radius 2 is 1.88 bits per heavy atom. The quantitative estimate of drug-likeness (QED) is 0.528. The standard InChI is InChI=1S/C13H20N2O/c14-9-13(6-2-1-3-7-13)10-4-5-12(16)11(15)8-10/h4-5,8,16H,1-3,6-7,9,14-15H2. The number of phenolic OH excluding ortho intramolecular Hbond substituents is 1. The molecule has 1 aromatic carbocycles. The van der Waals surface area contributed by atoms with Gasteiger partial charge in [0.2, 0.25) is 0 Å². The second kappa shape index (κ2) is 4.34. The van der Waals surface area contributed by atoms with Crippen molar-refractivity contribution in [2.75, 3.05) is 12.3 Å². The van der Waals surface area contributed by atoms with E-state index in [-0.39, 0.29) is 11.2 Å². The molecule has 88 valence electrons. The Morgan fingerprint density at radius 1 is 1.19 bits per heavy atom. The smallest absolute Gasteiger partial charge is 0.138 e. The summed E-state index contributed by atoms with van der Waals surface area (Å²) in [6.45, 7) is 0.664. The highest BCUT2D eigenvalue weighted by Gasteiger charge is 2.32. The largest absolute Gasteiger partial charge is 0.506 e. The number of benzene rings is 1. The highest BCUT2D eigenvalue weighted by molar-refractivity contribution is 5.54. The third kappa shape index (κ3) is 1.87. The first kappa shape index (κ1) is 11.3. The summed E-state index contributed by atoms with van der Waals surface area (Å²) in [6, 6.07) is 5.52. The summed E-state index contributed by atoms with van der Waals surface area (Å²) in [4.78, 5) is 0. The Labute approximate surface area is 96.5 Å². The minimum absolute atomic E-state index is 0.0834. The van der Waals surface area contributed by atoms with Crippen LogP contribution >= 0.6 is 0 Å². The third-order valence-electron chi connectivity index (χ3n) is 3.84. The maximum Gasteiger partial charge on any atom is 0.138 e. The molecule has 3 heteroatoms. The first-order chi connectivity index (χ1) is 7.68. The zero-order valence-corrected chi connectivity index (χ0v) is 9.58. The summed E-state index contributed by atoms with van der Waals surface area (Å²) in [7, 11) is 0. The molecule has 1 fully saturated rings. The van der Waals surface area contributed by atoms with Gasteiger partial charge in [-0.05, 0) is 30.5 Å². The molecule has 0 saturated heterocycles. The Kier molecular flexibility index (Phi) is 3.06. The van der Waals surface area contributed by atoms with Crippen LogP contribution in [0.2, 0.25) is 0 Å². The summed E-state index contributed by atoms with van der Waals surface area (Å²) < 4.78 is 0. The lowest BCUT2D eigenvalue weighted by Gasteiger charge is -2.37. The lowest BCUT2D eigenvalue weighted by Crippen LogP contribution is -2.37. The van der Waals surface area contributed by atoms with Crippen LogP contribution < -0.4 is 11.5 Å². The average molecular weight is 220 g/mol. The van der Waals surface area contributed by atoms with Crippen LogP contribution in [-0.2, 0) is 5.41 Å². The topological polar surface area (TPSA) is 72.3 Å². The van der Waals surface area contributed by atoms with E-state index in [1.807, 2.05) is 12.1 Å². The van der Waals surface area contributed by atoms with Crippen LogP contribution in [0.3, 0.4) is 0 Å². The Balaban J connectivity index is 2.35. The number of phenols is 1. The zero-order valence-electron chi connectivity index (χ0n) is 9.58. The molecule has 5 N–H and O–H groups in total. The molecule has 0 unspecified atom stereocenters. The molecule has 0 radical (unpaired) electrons. The molecule has 0 aliphatic heterocycles. The lowest BCUT2D eigenvalue weighted by molar-refractivity contribution is 0.300. The molecule has 1 aliphatic rings. The molecule has 0 spiro atoms. The second-order valence-corrected chi connectivity index (χ2v) is 4.82. The Morgan fingerprint density at radius 3 is 2.44 bits per heavy atom. The van der Waals surface area contributed by atoms with Gasteiger partial charge in [-0.3, -0.25) is 0 Å². The van der Waals surface area contributed by atoms with Gasteiger partial charge in [-0.1, -0.05) is 25.3 Å². The molecule has 0 amide bonds. The van der Waals surface area contributed by atoms with Gasteiger partial charge < -0.3 is 16.6 Å². The first-order valence-electron chi connectivity index (χ1n) is 5.97. The number of hydrogen-bond acceptors (Lipinski definition) is 3. The third-order valence-corrected chi connectivity index (χ3v) is 3.84. The summed E-state index contributed by atoms with van der Waals surface area (Å²) in [5, 5.41) is 9.44. The van der Waals surface area contributed by atoms with Crippen molar-refractivity contribution >= 4 is 5.69 Å². The fraction of sp³-hybridized carbons (Fsp3) is 0.538. The predicted octanol–water partition coefficient (Wildman–Crippen LogP) is 2.14. The molecule has 1 aliphatic carbocycles. The molecule has 0 aromatic heterocycles. The number of hydrogen-bond donors (Lipinski definition) is 3. The molecular weight excluding hydrogens is 200 g/mol. The summed E-state index contributed by atoms with van der Waals surface area (Å²) >= 11 is 0. The molecule has 1 aromatic rings. The molecule has 3 nitrogen and oxygen atoms in total. The molecule has 0 bridgehead atoms. The molecule has 2 rings (SSSR count). The van der Waals surface area contributed by atoms with Gasteiger partial charge in [-0.2, -0.15) is 0 Å². The number of aromatic hydroxyl groups is 1. The Hall–Kier alpha value is -1.22. The van der Waals surface area contributed by atoms with E-state index in [0.717, 1.165) is 12.8 Å². The normalized spacial score (nSPS) is 19.6. The van der Waals surface area contributed by atoms with Crippen molar-refractivity contribution in [2.45, 2.75) is 37.5 Å². The Bertz CT molecular complexity index is 370. The fourth-order valence-electron chi connectivity index (χ4n) is 2.72. The van der Waals surface area contributed by atoms with Gasteiger partial charge >= 0.3 is 0 Å². The van der Waals surface area contributed by atoms with Gasteiger partial charge in [-0.25, -0.2) is 0 Å². The fourth-order valence-corrected chi connectivity index (χ4v) is 2.72. The van der Waals surface area contributed by atoms with Crippen molar-refractivity contribution < 1.29 is 5.11 Å². The highest BCUT2D eigenvalue weighted by Crippen LogP contribution is 2.40. The van der Waals surface area contributed by atoms with E-state index in [1.165, 1.54) is 24.8 Å². The van der Waals surface area contributed by atoms with Gasteiger partial charge in [0.1, 0.15) is 5.75 Å². The minimum atomic E-state index is 0.0834. The van der Waals surface area contributed by atoms with Crippen molar-refractivity contribution in [3.63, 3.8) is 0 Å². The highest BCUT2D eigenvalue weighted by atomic mass is 16.3. The molecule has 0 heterocycles. The van der Waals surface area contributed by atoms with Crippen LogP contribution in [0.1, 0.15) is 37.7 Å². The van der Waals surface area contributed by atoms with E-state index < -0.39 is 0 Å². The van der Waals surface area contributed by atoms with Crippen molar-refractivity contribution in [3.05, 3.63) is 23.8 Å². The molecule has 16 heavy (non-hydrogen) atoms. The van der Waals surface area contributed by atoms with E-state index in [1.54, 1.807) is 6.07 Å². The number of anilines is 1. The SMILES string of the molecule is NCC1(c2ccc(O)c(N)c2)CCCCC1. The molecule has 1 saturated carbocycles. The van der Waals surface area contributed by atoms with Gasteiger partial charge in [0.25, 0.3) is 0 Å². The summed E-state index contributed by atoms with van der Waals surface area (Å²) in [6.07, 6.45) is 6.03. The van der Waals surface area contributed by atoms with E-state index in [0.29, 0.717) is 12.2 Å². The van der Waals surface area contributed by atoms with Gasteiger partial charge in [0.05, 0.1) is 5.69 Å². The van der Waals surface area contributed by atoms with E-state index in [9.17, 15) is 5.11 Å². The van der Waals surface area contributed by atoms with E-state index in [4.69, 9.17) is 11.5 Å². The van der Waals surface area contributed by atoms with E-state index >= 15 is 0 Å². The second-order valence-electron chi connectivity index (χ2n) is 4.82. The maximum atomic E-state index is 9.44. The number of nitrogens with two attached hydrogens (primary N) is 2. The van der Waals surface area contributed by atoms with Crippen molar-refractivity contribution in [3.8, 4) is 5.75 Å². The van der Waals surface area contributed by atoms with Gasteiger partial charge in [0.15, 0.2) is 0 Å². The first-order valence-corrected chi connectivity index (χ1v) is 5.97. The van der Waals surface area contributed by atoms with Crippen LogP contribution in [0.25, 0.3) is 0 Å². The maximum absolute atomic E-state index is 9.44. The zero-order chi connectivity index (χ0) is 11.6. The lowest BCUT2D eigenvalue weighted by atomic mass is 9.69. The summed E-state index contributed by atoms with van der Waals surface area (Å²) in [5.41, 5.74) is 13.4. The van der Waals surface area contributed by atoms with Crippen molar-refractivity contribution in [2.24, 2.45) is 5.73 Å². The van der Waals surface area contributed by atoms with Crippen LogP contribution in [-0.4, -0.2) is 11.7 Å².